The lowest BCUT2D eigenvalue weighted by atomic mass is 9.43. The van der Waals surface area contributed by atoms with Gasteiger partial charge in [0.1, 0.15) is 0 Å². The highest BCUT2D eigenvalue weighted by Crippen LogP contribution is 2.62. The minimum Gasteiger partial charge on any atom is -0.388 e. The molecule has 3 aliphatic carbocycles. The minimum absolute atomic E-state index is 0.00530. The van der Waals surface area contributed by atoms with Crippen LogP contribution in [0.5, 0.6) is 0 Å². The topological polar surface area (TPSA) is 46.2 Å². The largest absolute Gasteiger partial charge is 0.388 e. The summed E-state index contributed by atoms with van der Waals surface area (Å²) >= 11 is 0. The third-order valence-electron chi connectivity index (χ3n) is 4.47. The van der Waals surface area contributed by atoms with Crippen LogP contribution in [-0.4, -0.2) is 16.7 Å². The average molecular weight is 169 g/mol. The van der Waals surface area contributed by atoms with Gasteiger partial charge in [0.2, 0.25) is 0 Å². The summed E-state index contributed by atoms with van der Waals surface area (Å²) in [6.45, 7) is 6.41. The Kier molecular flexibility index (Phi) is 1.45. The van der Waals surface area contributed by atoms with Crippen LogP contribution in [0.15, 0.2) is 0 Å². The molecule has 0 aromatic heterocycles. The molecule has 12 heavy (non-hydrogen) atoms. The monoisotopic (exact) mass is 169 g/mol. The van der Waals surface area contributed by atoms with Gasteiger partial charge in [0, 0.05) is 6.04 Å². The second-order valence-corrected chi connectivity index (χ2v) is 5.37. The summed E-state index contributed by atoms with van der Waals surface area (Å²) in [5.41, 5.74) is 5.60. The molecule has 3 rings (SSSR count). The second-order valence-electron chi connectivity index (χ2n) is 5.37. The van der Waals surface area contributed by atoms with E-state index in [1.54, 1.807) is 0 Å². The smallest absolute Gasteiger partial charge is 0.0803 e. The number of nitrogens with two attached hydrogens (primary N) is 1. The molecule has 0 heterocycles. The normalized spacial score (nSPS) is 56.2. The Labute approximate surface area is 74.1 Å². The Balaban J connectivity index is 2.27. The molecule has 0 radical (unpaired) electrons. The van der Waals surface area contributed by atoms with E-state index in [4.69, 9.17) is 5.73 Å². The fourth-order valence-electron chi connectivity index (χ4n) is 3.21. The Hall–Kier alpha value is -0.0800. The first-order valence-electron chi connectivity index (χ1n) is 4.84. The van der Waals surface area contributed by atoms with Crippen LogP contribution in [0.25, 0.3) is 0 Å². The van der Waals surface area contributed by atoms with Crippen LogP contribution in [0.3, 0.4) is 0 Å². The number of hydrogen-bond acceptors (Lipinski definition) is 2. The molecule has 0 saturated heterocycles. The first-order chi connectivity index (χ1) is 5.37. The first-order valence-corrected chi connectivity index (χ1v) is 4.84. The third-order valence-corrected chi connectivity index (χ3v) is 4.47. The van der Waals surface area contributed by atoms with Gasteiger partial charge in [-0.1, -0.05) is 13.8 Å². The summed E-state index contributed by atoms with van der Waals surface area (Å²) in [5, 5.41) is 10.2. The molecule has 2 bridgehead atoms. The summed E-state index contributed by atoms with van der Waals surface area (Å²) in [6, 6.07) is -0.00530. The van der Waals surface area contributed by atoms with E-state index < -0.39 is 5.60 Å². The average Bonchev–Trinajstić information content (AvgIpc) is 1.93. The van der Waals surface area contributed by atoms with Crippen LogP contribution >= 0.6 is 0 Å². The van der Waals surface area contributed by atoms with Crippen LogP contribution in [0, 0.1) is 17.3 Å². The summed E-state index contributed by atoms with van der Waals surface area (Å²) in [5.74, 6) is 1.16. The zero-order chi connectivity index (χ0) is 9.15. The van der Waals surface area contributed by atoms with Crippen LogP contribution in [0.1, 0.15) is 33.6 Å². The molecule has 0 aromatic carbocycles. The van der Waals surface area contributed by atoms with Gasteiger partial charge >= 0.3 is 0 Å². The van der Waals surface area contributed by atoms with Crippen LogP contribution in [-0.2, 0) is 0 Å². The lowest BCUT2D eigenvalue weighted by Gasteiger charge is -2.64. The summed E-state index contributed by atoms with van der Waals surface area (Å²) in [7, 11) is 0. The van der Waals surface area contributed by atoms with Crippen molar-refractivity contribution in [3.8, 4) is 0 Å². The molecule has 3 fully saturated rings. The minimum atomic E-state index is -0.627. The van der Waals surface area contributed by atoms with Crippen molar-refractivity contribution >= 4 is 0 Å². The van der Waals surface area contributed by atoms with E-state index in [9.17, 15) is 5.11 Å². The molecule has 3 unspecified atom stereocenters. The fraction of sp³-hybridized carbons (Fsp3) is 1.00. The molecule has 0 amide bonds. The van der Waals surface area contributed by atoms with E-state index in [0.717, 1.165) is 12.3 Å². The molecule has 3 aliphatic rings. The molecule has 3 saturated carbocycles. The van der Waals surface area contributed by atoms with Crippen LogP contribution in [0.2, 0.25) is 0 Å². The van der Waals surface area contributed by atoms with E-state index in [-0.39, 0.29) is 6.04 Å². The van der Waals surface area contributed by atoms with E-state index in [2.05, 4.69) is 13.8 Å². The Morgan fingerprint density at radius 2 is 1.83 bits per heavy atom. The number of hydrogen-bond donors (Lipinski definition) is 2. The van der Waals surface area contributed by atoms with Crippen LogP contribution < -0.4 is 5.73 Å². The maximum absolute atomic E-state index is 10.2. The van der Waals surface area contributed by atoms with Gasteiger partial charge in [-0.25, -0.2) is 0 Å². The maximum Gasteiger partial charge on any atom is 0.0803 e. The maximum atomic E-state index is 10.2. The molecule has 2 nitrogen and oxygen atoms in total. The van der Waals surface area contributed by atoms with Gasteiger partial charge in [-0.15, -0.1) is 0 Å². The molecule has 3 N–H and O–H groups in total. The SMILES string of the molecule is CC1(C)C2CC(N)[C@@](C)(O)C1C2. The van der Waals surface area contributed by atoms with Crippen molar-refractivity contribution in [1.29, 1.82) is 0 Å². The van der Waals surface area contributed by atoms with Crippen molar-refractivity contribution in [1.82, 2.24) is 0 Å². The number of rotatable bonds is 0. The lowest BCUT2D eigenvalue weighted by molar-refractivity contribution is -0.202. The number of aliphatic hydroxyl groups is 1. The molecule has 0 aliphatic heterocycles. The van der Waals surface area contributed by atoms with Gasteiger partial charge in [0.25, 0.3) is 0 Å². The molecule has 0 aromatic rings. The first kappa shape index (κ1) is 8.52. The van der Waals surface area contributed by atoms with Gasteiger partial charge in [-0.3, -0.25) is 0 Å². The molecule has 0 spiro atoms. The van der Waals surface area contributed by atoms with Crippen LogP contribution in [0.4, 0.5) is 0 Å². The molecule has 70 valence electrons. The fourth-order valence-corrected chi connectivity index (χ4v) is 3.21. The highest BCUT2D eigenvalue weighted by molar-refractivity contribution is 5.13. The van der Waals surface area contributed by atoms with Crippen molar-refractivity contribution in [3.63, 3.8) is 0 Å². The highest BCUT2D eigenvalue weighted by atomic mass is 16.3. The zero-order valence-corrected chi connectivity index (χ0v) is 8.17. The molecular formula is C10H19NO. The molecule has 2 heteroatoms. The predicted octanol–water partition coefficient (Wildman–Crippen LogP) is 1.13. The van der Waals surface area contributed by atoms with E-state index in [1.165, 1.54) is 6.42 Å². The van der Waals surface area contributed by atoms with Crippen molar-refractivity contribution in [2.75, 3.05) is 0 Å². The van der Waals surface area contributed by atoms with Crippen molar-refractivity contribution < 1.29 is 5.11 Å². The van der Waals surface area contributed by atoms with Crippen molar-refractivity contribution in [2.45, 2.75) is 45.3 Å². The van der Waals surface area contributed by atoms with Gasteiger partial charge in [-0.2, -0.15) is 0 Å². The zero-order valence-electron chi connectivity index (χ0n) is 8.17. The van der Waals surface area contributed by atoms with Crippen molar-refractivity contribution in [2.24, 2.45) is 23.0 Å². The van der Waals surface area contributed by atoms with Gasteiger partial charge in [0.15, 0.2) is 0 Å². The van der Waals surface area contributed by atoms with Gasteiger partial charge in [-0.05, 0) is 37.0 Å². The molecular weight excluding hydrogens is 150 g/mol. The van der Waals surface area contributed by atoms with Gasteiger partial charge in [0.05, 0.1) is 5.60 Å². The van der Waals surface area contributed by atoms with E-state index >= 15 is 0 Å². The number of fused-ring (bicyclic) bond motifs is 2. The second kappa shape index (κ2) is 2.05. The summed E-state index contributed by atoms with van der Waals surface area (Å²) in [6.07, 6.45) is 2.17. The van der Waals surface area contributed by atoms with E-state index in [1.807, 2.05) is 6.92 Å². The summed E-state index contributed by atoms with van der Waals surface area (Å²) in [4.78, 5) is 0. The highest BCUT2D eigenvalue weighted by Gasteiger charge is 2.61. The van der Waals surface area contributed by atoms with Gasteiger partial charge < -0.3 is 10.8 Å². The Morgan fingerprint density at radius 3 is 2.17 bits per heavy atom. The molecule has 4 atom stereocenters. The lowest BCUT2D eigenvalue weighted by Crippen LogP contribution is -2.68. The Morgan fingerprint density at radius 1 is 1.25 bits per heavy atom. The van der Waals surface area contributed by atoms with Crippen molar-refractivity contribution in [3.05, 3.63) is 0 Å². The standard InChI is InChI=1S/C10H19NO/c1-9(2)6-4-7(9)10(3,12)8(11)5-6/h6-8,12H,4-5,11H2,1-3H3/t6?,7?,8?,10-/m0/s1. The Bertz CT molecular complexity index is 210. The van der Waals surface area contributed by atoms with E-state index in [0.29, 0.717) is 11.3 Å². The quantitative estimate of drug-likeness (QED) is 0.571. The summed E-state index contributed by atoms with van der Waals surface area (Å²) < 4.78 is 0. The predicted molar refractivity (Wildman–Crippen MR) is 48.6 cm³/mol. The third kappa shape index (κ3) is 0.775.